The van der Waals surface area contributed by atoms with Crippen LogP contribution in [0.4, 0.5) is 4.79 Å². The third-order valence-corrected chi connectivity index (χ3v) is 6.08. The zero-order chi connectivity index (χ0) is 22.1. The van der Waals surface area contributed by atoms with E-state index in [0.29, 0.717) is 21.2 Å². The molecule has 158 valence electrons. The van der Waals surface area contributed by atoms with E-state index in [9.17, 15) is 18.0 Å². The van der Waals surface area contributed by atoms with Gasteiger partial charge in [0, 0.05) is 15.6 Å². The number of benzene rings is 2. The maximum absolute atomic E-state index is 12.8. The smallest absolute Gasteiger partial charge is 0.306 e. The number of hydrogen-bond acceptors (Lipinski definition) is 7. The van der Waals surface area contributed by atoms with Crippen LogP contribution in [-0.2, 0) is 21.5 Å². The Balaban J connectivity index is 1.86. The number of methoxy groups -OCH3 is 1. The summed E-state index contributed by atoms with van der Waals surface area (Å²) in [6.07, 6.45) is 2.42. The van der Waals surface area contributed by atoms with Gasteiger partial charge in [0.1, 0.15) is 0 Å². The first-order chi connectivity index (χ1) is 14.1. The number of halogens is 2. The van der Waals surface area contributed by atoms with Gasteiger partial charge in [0.05, 0.1) is 24.8 Å². The average Bonchev–Trinajstić information content (AvgIpc) is 2.91. The predicted molar refractivity (Wildman–Crippen MR) is 116 cm³/mol. The molecule has 1 aliphatic rings. The summed E-state index contributed by atoms with van der Waals surface area (Å²) in [7, 11) is -2.38. The number of thioether (sulfide) groups is 1. The molecule has 0 N–H and O–H groups in total. The summed E-state index contributed by atoms with van der Waals surface area (Å²) < 4.78 is 32.7. The average molecular weight is 488 g/mol. The summed E-state index contributed by atoms with van der Waals surface area (Å²) >= 11 is 13.1. The second-order valence-corrected chi connectivity index (χ2v) is 9.55. The molecule has 0 bridgehead atoms. The van der Waals surface area contributed by atoms with Gasteiger partial charge in [-0.15, -0.1) is 0 Å². The maximum Gasteiger partial charge on any atom is 0.306 e. The molecule has 1 fully saturated rings. The summed E-state index contributed by atoms with van der Waals surface area (Å²) in [5, 5.41) is 0.264. The number of carbonyl (C=O) groups is 2. The minimum absolute atomic E-state index is 0.0126. The molecule has 0 spiro atoms. The first kappa shape index (κ1) is 22.5. The van der Waals surface area contributed by atoms with Crippen molar-refractivity contribution in [1.29, 1.82) is 0 Å². The number of imide groups is 1. The Hall–Kier alpha value is -2.20. The molecule has 2 amide bonds. The van der Waals surface area contributed by atoms with E-state index >= 15 is 0 Å². The molecule has 1 heterocycles. The third-order valence-electron chi connectivity index (χ3n) is 3.98. The van der Waals surface area contributed by atoms with Crippen molar-refractivity contribution in [2.24, 2.45) is 0 Å². The van der Waals surface area contributed by atoms with E-state index in [-0.39, 0.29) is 22.9 Å². The first-order valence-electron chi connectivity index (χ1n) is 8.35. The quantitative estimate of drug-likeness (QED) is 0.435. The molecule has 0 atom stereocenters. The van der Waals surface area contributed by atoms with Crippen molar-refractivity contribution in [2.75, 3.05) is 13.4 Å². The van der Waals surface area contributed by atoms with Gasteiger partial charge in [0.2, 0.25) is 0 Å². The van der Waals surface area contributed by atoms with E-state index in [1.807, 2.05) is 0 Å². The van der Waals surface area contributed by atoms with E-state index in [4.69, 9.17) is 32.1 Å². The first-order valence-corrected chi connectivity index (χ1v) is 11.7. The summed E-state index contributed by atoms with van der Waals surface area (Å²) in [5.74, 6) is -0.314. The highest BCUT2D eigenvalue weighted by Gasteiger charge is 2.35. The van der Waals surface area contributed by atoms with Crippen LogP contribution in [0, 0.1) is 0 Å². The standard InChI is InChI=1S/C19H15Cl2NO6S2/c1-27-16-8-11(6-7-15(16)28-30(2,25)26)9-17-18(23)22(19(24)29-17)10-12-13(20)4-3-5-14(12)21/h3-9H,10H2,1-2H3/b17-9-. The monoisotopic (exact) mass is 487 g/mol. The van der Waals surface area contributed by atoms with E-state index in [2.05, 4.69) is 0 Å². The molecule has 2 aromatic carbocycles. The molecule has 2 aromatic rings. The van der Waals surface area contributed by atoms with Crippen LogP contribution in [-0.4, -0.2) is 37.8 Å². The molecule has 3 rings (SSSR count). The van der Waals surface area contributed by atoms with Gasteiger partial charge in [-0.2, -0.15) is 8.42 Å². The lowest BCUT2D eigenvalue weighted by Crippen LogP contribution is -2.27. The molecule has 1 aliphatic heterocycles. The Morgan fingerprint density at radius 1 is 1.10 bits per heavy atom. The molecular formula is C19H15Cl2NO6S2. The van der Waals surface area contributed by atoms with Gasteiger partial charge < -0.3 is 8.92 Å². The molecule has 0 aliphatic carbocycles. The fourth-order valence-corrected chi connectivity index (χ4v) is 4.45. The Kier molecular flexibility index (Phi) is 6.66. The summed E-state index contributed by atoms with van der Waals surface area (Å²) in [5.41, 5.74) is 1.00. The van der Waals surface area contributed by atoms with Crippen molar-refractivity contribution in [1.82, 2.24) is 4.90 Å². The van der Waals surface area contributed by atoms with Crippen molar-refractivity contribution >= 4 is 62.3 Å². The second kappa shape index (κ2) is 8.89. The summed E-state index contributed by atoms with van der Waals surface area (Å²) in [4.78, 5) is 26.4. The zero-order valence-corrected chi connectivity index (χ0v) is 18.9. The van der Waals surface area contributed by atoms with Crippen LogP contribution >= 0.6 is 35.0 Å². The van der Waals surface area contributed by atoms with Gasteiger partial charge in [-0.25, -0.2) is 0 Å². The molecule has 0 saturated carbocycles. The van der Waals surface area contributed by atoms with E-state index < -0.39 is 21.3 Å². The van der Waals surface area contributed by atoms with Crippen molar-refractivity contribution in [3.8, 4) is 11.5 Å². The van der Waals surface area contributed by atoms with Crippen LogP contribution in [0.1, 0.15) is 11.1 Å². The van der Waals surface area contributed by atoms with Crippen LogP contribution in [0.2, 0.25) is 10.0 Å². The Bertz CT molecular complexity index is 1140. The lowest BCUT2D eigenvalue weighted by Gasteiger charge is -2.14. The SMILES string of the molecule is COc1cc(/C=C2\SC(=O)N(Cc3c(Cl)cccc3Cl)C2=O)ccc1OS(C)(=O)=O. The van der Waals surface area contributed by atoms with Crippen molar-refractivity contribution < 1.29 is 26.9 Å². The number of rotatable bonds is 6. The minimum Gasteiger partial charge on any atom is -0.493 e. The molecule has 30 heavy (non-hydrogen) atoms. The number of hydrogen-bond donors (Lipinski definition) is 0. The third kappa shape index (κ3) is 5.10. The molecule has 11 heteroatoms. The van der Waals surface area contributed by atoms with Crippen molar-refractivity contribution in [3.63, 3.8) is 0 Å². The fourth-order valence-electron chi connectivity index (χ4n) is 2.64. The summed E-state index contributed by atoms with van der Waals surface area (Å²) in [6, 6.07) is 9.38. The molecular weight excluding hydrogens is 473 g/mol. The number of nitrogens with zero attached hydrogens (tertiary/aromatic N) is 1. The van der Waals surface area contributed by atoms with Crippen molar-refractivity contribution in [3.05, 3.63) is 62.5 Å². The molecule has 0 radical (unpaired) electrons. The zero-order valence-electron chi connectivity index (χ0n) is 15.7. The van der Waals surface area contributed by atoms with Gasteiger partial charge in [-0.05, 0) is 47.7 Å². The lowest BCUT2D eigenvalue weighted by molar-refractivity contribution is -0.123. The van der Waals surface area contributed by atoms with Gasteiger partial charge in [-0.1, -0.05) is 35.3 Å². The van der Waals surface area contributed by atoms with Gasteiger partial charge in [-0.3, -0.25) is 14.5 Å². The highest BCUT2D eigenvalue weighted by Crippen LogP contribution is 2.37. The topological polar surface area (TPSA) is 90.0 Å². The van der Waals surface area contributed by atoms with E-state index in [0.717, 1.165) is 22.9 Å². The van der Waals surface area contributed by atoms with Crippen LogP contribution in [0.3, 0.4) is 0 Å². The second-order valence-electron chi connectivity index (χ2n) is 6.17. The van der Waals surface area contributed by atoms with Crippen LogP contribution in [0.15, 0.2) is 41.3 Å². The number of amides is 2. The van der Waals surface area contributed by atoms with Gasteiger partial charge in [0.25, 0.3) is 11.1 Å². The Morgan fingerprint density at radius 3 is 2.37 bits per heavy atom. The van der Waals surface area contributed by atoms with Gasteiger partial charge >= 0.3 is 10.1 Å². The fraction of sp³-hybridized carbons (Fsp3) is 0.158. The van der Waals surface area contributed by atoms with Crippen LogP contribution in [0.5, 0.6) is 11.5 Å². The highest BCUT2D eigenvalue weighted by molar-refractivity contribution is 8.18. The van der Waals surface area contributed by atoms with Crippen molar-refractivity contribution in [2.45, 2.75) is 6.54 Å². The number of ether oxygens (including phenoxy) is 1. The maximum atomic E-state index is 12.8. The van der Waals surface area contributed by atoms with Gasteiger partial charge in [0.15, 0.2) is 11.5 Å². The molecule has 0 unspecified atom stereocenters. The minimum atomic E-state index is -3.73. The van der Waals surface area contributed by atoms with E-state index in [1.54, 1.807) is 24.3 Å². The Morgan fingerprint density at radius 2 is 1.77 bits per heavy atom. The normalized spacial score (nSPS) is 15.7. The molecule has 1 saturated heterocycles. The number of carbonyl (C=O) groups excluding carboxylic acids is 2. The van der Waals surface area contributed by atoms with E-state index in [1.165, 1.54) is 25.3 Å². The highest BCUT2D eigenvalue weighted by atomic mass is 35.5. The lowest BCUT2D eigenvalue weighted by atomic mass is 10.1. The predicted octanol–water partition coefficient (Wildman–Crippen LogP) is 4.58. The Labute approximate surface area is 187 Å². The largest absolute Gasteiger partial charge is 0.493 e. The van der Waals surface area contributed by atoms with Crippen LogP contribution < -0.4 is 8.92 Å². The van der Waals surface area contributed by atoms with Crippen LogP contribution in [0.25, 0.3) is 6.08 Å². The molecule has 0 aromatic heterocycles. The molecule has 7 nitrogen and oxygen atoms in total. The summed E-state index contributed by atoms with van der Waals surface area (Å²) in [6.45, 7) is -0.0506.